The van der Waals surface area contributed by atoms with E-state index in [1.807, 2.05) is 6.07 Å². The monoisotopic (exact) mass is 635 g/mol. The van der Waals surface area contributed by atoms with Crippen molar-refractivity contribution < 1.29 is 33.6 Å². The van der Waals surface area contributed by atoms with Crippen LogP contribution in [0.4, 0.5) is 11.4 Å². The van der Waals surface area contributed by atoms with E-state index in [4.69, 9.17) is 14.3 Å². The van der Waals surface area contributed by atoms with Gasteiger partial charge in [-0.2, -0.15) is 0 Å². The van der Waals surface area contributed by atoms with Crippen LogP contribution >= 0.6 is 11.8 Å². The van der Waals surface area contributed by atoms with Gasteiger partial charge in [0.15, 0.2) is 23.4 Å². The number of ketones is 1. The fourth-order valence-corrected chi connectivity index (χ4v) is 9.09. The molecule has 0 unspecified atom stereocenters. The van der Waals surface area contributed by atoms with E-state index in [0.717, 1.165) is 24.2 Å². The molecule has 3 heterocycles. The highest BCUT2D eigenvalue weighted by Crippen LogP contribution is 2.57. The van der Waals surface area contributed by atoms with E-state index < -0.39 is 34.8 Å². The van der Waals surface area contributed by atoms with Crippen LogP contribution in [0.15, 0.2) is 53.1 Å². The number of nitro benzene ring substituents is 1. The Labute approximate surface area is 266 Å². The number of anilines is 1. The first-order chi connectivity index (χ1) is 21.4. The molecular weight excluding hydrogens is 598 g/mol. The molecule has 12 heteroatoms. The van der Waals surface area contributed by atoms with Crippen LogP contribution in [0.2, 0.25) is 0 Å². The molecule has 0 spiro atoms. The predicted octanol–water partition coefficient (Wildman–Crippen LogP) is 5.84. The maximum absolute atomic E-state index is 14.5. The highest BCUT2D eigenvalue weighted by Gasteiger charge is 2.63. The van der Waals surface area contributed by atoms with E-state index in [1.165, 1.54) is 50.1 Å². The minimum atomic E-state index is -1.25. The zero-order valence-electron chi connectivity index (χ0n) is 26.1. The largest absolute Gasteiger partial charge is 0.493 e. The van der Waals surface area contributed by atoms with E-state index in [2.05, 4.69) is 20.8 Å². The number of likely N-dealkylation sites (tertiary alicyclic amines) is 1. The van der Waals surface area contributed by atoms with Crippen LogP contribution in [0.3, 0.4) is 0 Å². The molecule has 2 aromatic rings. The van der Waals surface area contributed by atoms with Gasteiger partial charge < -0.3 is 9.47 Å². The molecule has 1 saturated carbocycles. The van der Waals surface area contributed by atoms with Gasteiger partial charge in [-0.1, -0.05) is 39.0 Å². The summed E-state index contributed by atoms with van der Waals surface area (Å²) in [6, 6.07) is 10.5. The quantitative estimate of drug-likeness (QED) is 0.208. The second kappa shape index (κ2) is 11.5. The number of hydroxylamine groups is 1. The highest BCUT2D eigenvalue weighted by molar-refractivity contribution is 8.04. The zero-order valence-corrected chi connectivity index (χ0v) is 27.0. The summed E-state index contributed by atoms with van der Waals surface area (Å²) >= 11 is 1.44. The number of carbonyl (C=O) groups excluding carboxylic acids is 3. The first kappa shape index (κ1) is 31.1. The van der Waals surface area contributed by atoms with Crippen molar-refractivity contribution in [2.24, 2.45) is 23.2 Å². The third-order valence-corrected chi connectivity index (χ3v) is 11.1. The van der Waals surface area contributed by atoms with Crippen molar-refractivity contribution >= 4 is 40.7 Å². The Bertz CT molecular complexity index is 1600. The zero-order chi connectivity index (χ0) is 32.4. The molecule has 238 valence electrons. The maximum atomic E-state index is 14.5. The van der Waals surface area contributed by atoms with Crippen LogP contribution in [-0.2, 0) is 19.2 Å². The number of hydrogen-bond donors (Lipinski definition) is 0. The van der Waals surface area contributed by atoms with Gasteiger partial charge in [0.25, 0.3) is 11.6 Å². The minimum Gasteiger partial charge on any atom is -0.493 e. The summed E-state index contributed by atoms with van der Waals surface area (Å²) in [5.41, 5.74) is 0.967. The number of nitro groups is 1. The molecule has 3 aliphatic heterocycles. The van der Waals surface area contributed by atoms with E-state index in [9.17, 15) is 24.5 Å². The SMILES string of the molecule is COc1cc([C@H]2[C@H]3C(=O)N(C4=C(C(C)=O)[C@@H]5CC[C@H](C(C)(C)C)C[C@@H]5S4)C(=O)[C@H]3ON2c2ccccc2)c([N+](=O)[O-])cc1OC. The maximum Gasteiger partial charge on any atom is 0.278 e. The van der Waals surface area contributed by atoms with Gasteiger partial charge in [0.05, 0.1) is 41.5 Å². The van der Waals surface area contributed by atoms with Gasteiger partial charge in [-0.15, -0.1) is 11.8 Å². The molecule has 45 heavy (non-hydrogen) atoms. The Balaban J connectivity index is 1.45. The number of methoxy groups -OCH3 is 2. The van der Waals surface area contributed by atoms with Crippen LogP contribution in [0.25, 0.3) is 0 Å². The van der Waals surface area contributed by atoms with E-state index in [-0.39, 0.29) is 45.1 Å². The lowest BCUT2D eigenvalue weighted by Crippen LogP contribution is -2.37. The van der Waals surface area contributed by atoms with Crippen molar-refractivity contribution in [2.45, 2.75) is 64.4 Å². The van der Waals surface area contributed by atoms with Gasteiger partial charge in [-0.05, 0) is 55.7 Å². The Kier molecular flexibility index (Phi) is 7.93. The number of benzene rings is 2. The molecule has 0 N–H and O–H groups in total. The average molecular weight is 636 g/mol. The molecule has 4 aliphatic rings. The van der Waals surface area contributed by atoms with Crippen LogP contribution in [-0.4, -0.2) is 53.0 Å². The summed E-state index contributed by atoms with van der Waals surface area (Å²) in [6.07, 6.45) is 1.39. The van der Waals surface area contributed by atoms with E-state index in [1.54, 1.807) is 24.3 Å². The molecule has 0 bridgehead atoms. The fourth-order valence-electron chi connectivity index (χ4n) is 7.33. The number of hydrogen-bond acceptors (Lipinski definition) is 10. The van der Waals surface area contributed by atoms with Gasteiger partial charge in [0.1, 0.15) is 12.0 Å². The summed E-state index contributed by atoms with van der Waals surface area (Å²) in [7, 11) is 2.79. The van der Waals surface area contributed by atoms with Crippen molar-refractivity contribution in [3.8, 4) is 11.5 Å². The second-order valence-corrected chi connectivity index (χ2v) is 14.3. The fraction of sp³-hybridized carbons (Fsp3) is 0.485. The third-order valence-electron chi connectivity index (χ3n) is 9.64. The summed E-state index contributed by atoms with van der Waals surface area (Å²) in [4.78, 5) is 61.1. The van der Waals surface area contributed by atoms with E-state index >= 15 is 0 Å². The third kappa shape index (κ3) is 5.07. The Morgan fingerprint density at radius 3 is 2.31 bits per heavy atom. The lowest BCUT2D eigenvalue weighted by molar-refractivity contribution is -0.385. The van der Waals surface area contributed by atoms with Crippen molar-refractivity contribution in [1.82, 2.24) is 4.90 Å². The second-order valence-electron chi connectivity index (χ2n) is 13.1. The number of Topliss-reactive ketones (excluding diaryl/α,β-unsaturated/α-hetero) is 1. The Morgan fingerprint density at radius 1 is 1.04 bits per heavy atom. The summed E-state index contributed by atoms with van der Waals surface area (Å²) in [5, 5.41) is 14.3. The Hall–Kier alpha value is -3.90. The van der Waals surface area contributed by atoms with Crippen molar-refractivity contribution in [1.29, 1.82) is 0 Å². The number of imide groups is 1. The van der Waals surface area contributed by atoms with Crippen LogP contribution < -0.4 is 14.5 Å². The van der Waals surface area contributed by atoms with Gasteiger partial charge in [-0.25, -0.2) is 9.96 Å². The first-order valence-electron chi connectivity index (χ1n) is 15.1. The summed E-state index contributed by atoms with van der Waals surface area (Å²) in [5.74, 6) is -1.63. The molecule has 1 aliphatic carbocycles. The number of carbonyl (C=O) groups is 3. The molecule has 2 aromatic carbocycles. The van der Waals surface area contributed by atoms with Crippen LogP contribution in [0.1, 0.15) is 58.6 Å². The lowest BCUT2D eigenvalue weighted by Gasteiger charge is -2.39. The van der Waals surface area contributed by atoms with Crippen molar-refractivity contribution in [3.05, 3.63) is 68.7 Å². The van der Waals surface area contributed by atoms with Gasteiger partial charge in [0, 0.05) is 16.7 Å². The summed E-state index contributed by atoms with van der Waals surface area (Å²) in [6.45, 7) is 8.14. The van der Waals surface area contributed by atoms with Crippen LogP contribution in [0, 0.1) is 33.3 Å². The number of thioether (sulfide) groups is 1. The van der Waals surface area contributed by atoms with Gasteiger partial charge >= 0.3 is 0 Å². The number of allylic oxidation sites excluding steroid dienone is 1. The number of nitrogens with zero attached hydrogens (tertiary/aromatic N) is 3. The number of amides is 2. The molecule has 0 aromatic heterocycles. The molecule has 0 radical (unpaired) electrons. The molecular formula is C33H37N3O8S. The highest BCUT2D eigenvalue weighted by atomic mass is 32.2. The topological polar surface area (TPSA) is 129 Å². The molecule has 6 atom stereocenters. The number of para-hydroxylation sites is 1. The van der Waals surface area contributed by atoms with Crippen LogP contribution in [0.5, 0.6) is 11.5 Å². The first-order valence-corrected chi connectivity index (χ1v) is 16.0. The predicted molar refractivity (Wildman–Crippen MR) is 167 cm³/mol. The Morgan fingerprint density at radius 2 is 1.71 bits per heavy atom. The smallest absolute Gasteiger partial charge is 0.278 e. The molecule has 6 rings (SSSR count). The van der Waals surface area contributed by atoms with Crippen molar-refractivity contribution in [2.75, 3.05) is 19.3 Å². The average Bonchev–Trinajstić information content (AvgIpc) is 3.65. The molecule has 11 nitrogen and oxygen atoms in total. The minimum absolute atomic E-state index is 0.0494. The van der Waals surface area contributed by atoms with Gasteiger partial charge in [-0.3, -0.25) is 29.3 Å². The van der Waals surface area contributed by atoms with E-state index in [0.29, 0.717) is 22.2 Å². The molecule has 2 amide bonds. The molecule has 3 fully saturated rings. The molecule has 2 saturated heterocycles. The lowest BCUT2D eigenvalue weighted by atomic mass is 9.68. The number of ether oxygens (including phenoxy) is 2. The van der Waals surface area contributed by atoms with Crippen molar-refractivity contribution in [3.63, 3.8) is 0 Å². The summed E-state index contributed by atoms with van der Waals surface area (Å²) < 4.78 is 10.8. The normalized spacial score (nSPS) is 28.0. The standard InChI is InChI=1S/C33H37N3O8S/c1-17(37)26-20-13-12-18(33(2,3)4)14-25(20)45-32(26)34-30(38)27-28(21-15-23(42-5)24(43-6)16-22(21)36(40)41)35(44-29(27)31(34)39)19-10-8-7-9-11-19/h7-11,15-16,18,20,25,27-29H,12-14H2,1-6H3/t18-,20+,25-,27+,28-,29-/m0/s1. The van der Waals surface area contributed by atoms with Gasteiger partial charge in [0.2, 0.25) is 5.91 Å². The number of rotatable bonds is 7. The number of fused-ring (bicyclic) bond motifs is 2.